The number of thiocarbonyl (C=S) groups is 1. The number of nitrogens with two attached hydrogens (primary N) is 1. The molecule has 1 saturated heterocycles. The van der Waals surface area contributed by atoms with Crippen LogP contribution < -0.4 is 10.6 Å². The Morgan fingerprint density at radius 1 is 1.45 bits per heavy atom. The molecule has 1 fully saturated rings. The molecule has 2 aliphatic rings. The third-order valence-electron chi connectivity index (χ3n) is 4.19. The molecule has 1 unspecified atom stereocenters. The highest BCUT2D eigenvalue weighted by molar-refractivity contribution is 7.80. The second kappa shape index (κ2) is 5.66. The summed E-state index contributed by atoms with van der Waals surface area (Å²) in [6.45, 7) is 4.47. The number of morpholine rings is 1. The van der Waals surface area contributed by atoms with E-state index in [0.717, 1.165) is 44.0 Å². The molecule has 0 amide bonds. The van der Waals surface area contributed by atoms with Gasteiger partial charge in [-0.3, -0.25) is 0 Å². The van der Waals surface area contributed by atoms with E-state index in [4.69, 9.17) is 27.7 Å². The summed E-state index contributed by atoms with van der Waals surface area (Å²) in [5.41, 5.74) is 9.41. The molecule has 2 N–H and O–H groups in total. The first-order valence-electron chi connectivity index (χ1n) is 7.34. The van der Waals surface area contributed by atoms with Gasteiger partial charge < -0.3 is 15.4 Å². The SMILES string of the molecule is CC1COCCN1c1nc2c(cc1C(N)=S)CCCC2. The summed E-state index contributed by atoms with van der Waals surface area (Å²) in [7, 11) is 0. The van der Waals surface area contributed by atoms with Crippen molar-refractivity contribution in [2.24, 2.45) is 5.73 Å². The molecule has 0 bridgehead atoms. The van der Waals surface area contributed by atoms with Crippen molar-refractivity contribution >= 4 is 23.0 Å². The zero-order chi connectivity index (χ0) is 14.1. The van der Waals surface area contributed by atoms with Gasteiger partial charge in [-0.15, -0.1) is 0 Å². The molecular weight excluding hydrogens is 270 g/mol. The average molecular weight is 291 g/mol. The highest BCUT2D eigenvalue weighted by Crippen LogP contribution is 2.28. The molecular formula is C15H21N3OS. The molecule has 1 atom stereocenters. The predicted molar refractivity (Wildman–Crippen MR) is 84.4 cm³/mol. The van der Waals surface area contributed by atoms with E-state index >= 15 is 0 Å². The molecule has 2 heterocycles. The Hall–Kier alpha value is -1.20. The van der Waals surface area contributed by atoms with E-state index < -0.39 is 0 Å². The van der Waals surface area contributed by atoms with Crippen LogP contribution in [-0.2, 0) is 17.6 Å². The molecule has 5 heteroatoms. The van der Waals surface area contributed by atoms with Gasteiger partial charge in [0.25, 0.3) is 0 Å². The van der Waals surface area contributed by atoms with Gasteiger partial charge in [0.05, 0.1) is 24.8 Å². The van der Waals surface area contributed by atoms with Crippen molar-refractivity contribution < 1.29 is 4.74 Å². The Morgan fingerprint density at radius 2 is 2.25 bits per heavy atom. The van der Waals surface area contributed by atoms with E-state index in [9.17, 15) is 0 Å². The molecule has 108 valence electrons. The Bertz CT molecular complexity index is 532. The molecule has 20 heavy (non-hydrogen) atoms. The standard InChI is InChI=1S/C15H21N3OS/c1-10-9-19-7-6-18(10)15-12(14(16)20)8-11-4-2-3-5-13(11)17-15/h8,10H,2-7,9H2,1H3,(H2,16,20). The highest BCUT2D eigenvalue weighted by atomic mass is 32.1. The molecule has 1 aliphatic carbocycles. The third kappa shape index (κ3) is 2.52. The third-order valence-corrected chi connectivity index (χ3v) is 4.41. The van der Waals surface area contributed by atoms with Gasteiger partial charge in [-0.05, 0) is 44.2 Å². The minimum absolute atomic E-state index is 0.311. The molecule has 3 rings (SSSR count). The molecule has 4 nitrogen and oxygen atoms in total. The molecule has 0 spiro atoms. The zero-order valence-electron chi connectivity index (χ0n) is 11.9. The number of aryl methyl sites for hydroxylation is 2. The molecule has 0 radical (unpaired) electrons. The van der Waals surface area contributed by atoms with Crippen molar-refractivity contribution in [3.05, 3.63) is 22.9 Å². The first-order valence-corrected chi connectivity index (χ1v) is 7.74. The van der Waals surface area contributed by atoms with Gasteiger partial charge in [-0.25, -0.2) is 4.98 Å². The van der Waals surface area contributed by atoms with Crippen molar-refractivity contribution in [1.29, 1.82) is 0 Å². The Morgan fingerprint density at radius 3 is 3.00 bits per heavy atom. The molecule has 0 saturated carbocycles. The maximum atomic E-state index is 5.93. The van der Waals surface area contributed by atoms with E-state index in [-0.39, 0.29) is 0 Å². The van der Waals surface area contributed by atoms with Gasteiger partial charge >= 0.3 is 0 Å². The molecule has 0 aromatic carbocycles. The van der Waals surface area contributed by atoms with E-state index in [0.29, 0.717) is 11.0 Å². The topological polar surface area (TPSA) is 51.4 Å². The summed E-state index contributed by atoms with van der Waals surface area (Å²) in [6, 6.07) is 2.48. The molecule has 1 aromatic heterocycles. The van der Waals surface area contributed by atoms with Crippen LogP contribution in [-0.4, -0.2) is 35.8 Å². The first kappa shape index (κ1) is 13.8. The van der Waals surface area contributed by atoms with Crippen LogP contribution in [0.4, 0.5) is 5.82 Å². The van der Waals surface area contributed by atoms with Crippen LogP contribution in [0.5, 0.6) is 0 Å². The Kier molecular flexibility index (Phi) is 3.89. The highest BCUT2D eigenvalue weighted by Gasteiger charge is 2.25. The summed E-state index contributed by atoms with van der Waals surface area (Å²) in [5.74, 6) is 0.953. The lowest BCUT2D eigenvalue weighted by Gasteiger charge is -2.36. The maximum Gasteiger partial charge on any atom is 0.139 e. The van der Waals surface area contributed by atoms with Crippen LogP contribution in [0.2, 0.25) is 0 Å². The Labute approximate surface area is 125 Å². The predicted octanol–water partition coefficient (Wildman–Crippen LogP) is 1.82. The number of aromatic nitrogens is 1. The number of hydrogen-bond donors (Lipinski definition) is 1. The van der Waals surface area contributed by atoms with Gasteiger partial charge in [0.1, 0.15) is 10.8 Å². The minimum atomic E-state index is 0.311. The second-order valence-corrected chi connectivity index (χ2v) is 6.09. The number of pyridine rings is 1. The normalized spacial score (nSPS) is 22.4. The van der Waals surface area contributed by atoms with E-state index in [1.165, 1.54) is 24.1 Å². The van der Waals surface area contributed by atoms with Gasteiger partial charge in [-0.2, -0.15) is 0 Å². The number of ether oxygens (including phenoxy) is 1. The summed E-state index contributed by atoms with van der Waals surface area (Å²) >= 11 is 5.24. The van der Waals surface area contributed by atoms with E-state index in [2.05, 4.69) is 17.9 Å². The lowest BCUT2D eigenvalue weighted by atomic mass is 9.94. The number of nitrogens with zero attached hydrogens (tertiary/aromatic N) is 2. The first-order chi connectivity index (χ1) is 9.66. The van der Waals surface area contributed by atoms with Crippen molar-refractivity contribution in [1.82, 2.24) is 4.98 Å². The molecule has 1 aliphatic heterocycles. The molecule has 1 aromatic rings. The summed E-state index contributed by atoms with van der Waals surface area (Å²) in [5, 5.41) is 0. The minimum Gasteiger partial charge on any atom is -0.389 e. The summed E-state index contributed by atoms with van der Waals surface area (Å²) < 4.78 is 5.51. The van der Waals surface area contributed by atoms with Gasteiger partial charge in [0.2, 0.25) is 0 Å². The van der Waals surface area contributed by atoms with Crippen LogP contribution in [0, 0.1) is 0 Å². The fourth-order valence-corrected chi connectivity index (χ4v) is 3.22. The lowest BCUT2D eigenvalue weighted by Crippen LogP contribution is -2.45. The van der Waals surface area contributed by atoms with Crippen LogP contribution in [0.25, 0.3) is 0 Å². The number of hydrogen-bond acceptors (Lipinski definition) is 4. The number of anilines is 1. The largest absolute Gasteiger partial charge is 0.389 e. The van der Waals surface area contributed by atoms with Gasteiger partial charge in [-0.1, -0.05) is 12.2 Å². The van der Waals surface area contributed by atoms with Crippen molar-refractivity contribution in [2.45, 2.75) is 38.6 Å². The average Bonchev–Trinajstić information content (AvgIpc) is 2.46. The van der Waals surface area contributed by atoms with Crippen molar-refractivity contribution in [2.75, 3.05) is 24.7 Å². The number of rotatable bonds is 2. The van der Waals surface area contributed by atoms with E-state index in [1.807, 2.05) is 0 Å². The van der Waals surface area contributed by atoms with Crippen LogP contribution in [0.15, 0.2) is 6.07 Å². The summed E-state index contributed by atoms with van der Waals surface area (Å²) in [4.78, 5) is 7.64. The summed E-state index contributed by atoms with van der Waals surface area (Å²) in [6.07, 6.45) is 4.62. The second-order valence-electron chi connectivity index (χ2n) is 5.65. The van der Waals surface area contributed by atoms with Crippen molar-refractivity contribution in [3.8, 4) is 0 Å². The number of fused-ring (bicyclic) bond motifs is 1. The fourth-order valence-electron chi connectivity index (χ4n) is 3.06. The quantitative estimate of drug-likeness (QED) is 0.842. The smallest absolute Gasteiger partial charge is 0.139 e. The zero-order valence-corrected chi connectivity index (χ0v) is 12.7. The van der Waals surface area contributed by atoms with Crippen LogP contribution in [0.1, 0.15) is 36.6 Å². The maximum absolute atomic E-state index is 5.93. The van der Waals surface area contributed by atoms with Gasteiger partial charge in [0, 0.05) is 12.2 Å². The Balaban J connectivity index is 2.05. The van der Waals surface area contributed by atoms with Crippen molar-refractivity contribution in [3.63, 3.8) is 0 Å². The van der Waals surface area contributed by atoms with Crippen LogP contribution >= 0.6 is 12.2 Å². The van der Waals surface area contributed by atoms with Gasteiger partial charge in [0.15, 0.2) is 0 Å². The monoisotopic (exact) mass is 291 g/mol. The van der Waals surface area contributed by atoms with Crippen LogP contribution in [0.3, 0.4) is 0 Å². The van der Waals surface area contributed by atoms with E-state index in [1.54, 1.807) is 0 Å². The lowest BCUT2D eigenvalue weighted by molar-refractivity contribution is 0.0985. The fraction of sp³-hybridized carbons (Fsp3) is 0.600.